The molecule has 1 aromatic rings. The van der Waals surface area contributed by atoms with Gasteiger partial charge in [-0.3, -0.25) is 28.9 Å². The molecule has 0 aliphatic carbocycles. The molecule has 3 rings (SSSR count). The number of carboxylic acids is 1. The van der Waals surface area contributed by atoms with Crippen molar-refractivity contribution >= 4 is 73.2 Å². The van der Waals surface area contributed by atoms with Crippen molar-refractivity contribution < 1.29 is 91.0 Å². The van der Waals surface area contributed by atoms with Crippen molar-refractivity contribution in [3.05, 3.63) is 28.3 Å². The molecule has 52 heavy (non-hydrogen) atoms. The summed E-state index contributed by atoms with van der Waals surface area (Å²) in [5.74, 6) is -2.99. The standard InChI is InChI=1S/C24H35N5O19P2S2/c1-39-24(19(33)29-17(18(31)32)13(11-44-21(25)34)12-51-20(24)29)28-15(30)10-14-6-7-16(52-14)27-22(35)26-9-8-23(36,49(37,45-40-2)46-41-3)50(38,47-42-4)48-43-5/h6-7,20,36H,8-12H2,1-5H3,(H2,25,34)(H,28,30)(H,31,32)(H2,26,27,35)/t20-,24-/m0/s1. The number of aliphatic carboxylic acids is 1. The van der Waals surface area contributed by atoms with Crippen molar-refractivity contribution in [2.75, 3.05) is 59.8 Å². The maximum Gasteiger partial charge on any atom is 0.428 e. The molecule has 7 N–H and O–H groups in total. The van der Waals surface area contributed by atoms with Crippen molar-refractivity contribution in [1.29, 1.82) is 0 Å². The maximum absolute atomic E-state index is 13.4. The number of anilines is 1. The summed E-state index contributed by atoms with van der Waals surface area (Å²) >= 11 is 2.03. The van der Waals surface area contributed by atoms with Crippen LogP contribution in [0.4, 0.5) is 14.6 Å². The van der Waals surface area contributed by atoms with Gasteiger partial charge in [0.05, 0.1) is 39.9 Å². The number of urea groups is 1. The summed E-state index contributed by atoms with van der Waals surface area (Å²) in [6.07, 6.45) is -2.35. The fraction of sp³-hybridized carbons (Fsp3) is 0.542. The molecule has 0 saturated carbocycles. The van der Waals surface area contributed by atoms with E-state index >= 15 is 0 Å². The van der Waals surface area contributed by atoms with Crippen LogP contribution in [0.2, 0.25) is 0 Å². The van der Waals surface area contributed by atoms with Crippen LogP contribution in [0.15, 0.2) is 23.4 Å². The molecule has 0 bridgehead atoms. The van der Waals surface area contributed by atoms with Crippen LogP contribution < -0.4 is 21.7 Å². The minimum Gasteiger partial charge on any atom is -0.477 e. The summed E-state index contributed by atoms with van der Waals surface area (Å²) < 4.78 is 55.1. The topological polar surface area (TPSA) is 318 Å². The zero-order valence-corrected chi connectivity index (χ0v) is 31.3. The van der Waals surface area contributed by atoms with E-state index in [1.54, 1.807) is 0 Å². The van der Waals surface area contributed by atoms with Gasteiger partial charge in [-0.2, -0.15) is 0 Å². The Labute approximate surface area is 302 Å². The van der Waals surface area contributed by atoms with Gasteiger partial charge in [-0.15, -0.1) is 41.8 Å². The van der Waals surface area contributed by atoms with Crippen molar-refractivity contribution in [3.8, 4) is 0 Å². The maximum atomic E-state index is 13.4. The van der Waals surface area contributed by atoms with Gasteiger partial charge < -0.3 is 36.1 Å². The van der Waals surface area contributed by atoms with Crippen LogP contribution in [0.3, 0.4) is 0 Å². The normalized spacial score (nSPS) is 19.1. The van der Waals surface area contributed by atoms with E-state index in [-0.39, 0.29) is 22.7 Å². The number of nitrogens with zero attached hydrogens (tertiary/aromatic N) is 1. The fourth-order valence-electron chi connectivity index (χ4n) is 4.74. The van der Waals surface area contributed by atoms with E-state index in [0.29, 0.717) is 4.88 Å². The monoisotopic (exact) mass is 823 g/mol. The lowest BCUT2D eigenvalue weighted by atomic mass is 9.98. The number of thiophene rings is 1. The third-order valence-electron chi connectivity index (χ3n) is 6.90. The Morgan fingerprint density at radius 3 is 2.10 bits per heavy atom. The van der Waals surface area contributed by atoms with Gasteiger partial charge in [-0.25, -0.2) is 33.9 Å². The predicted octanol–water partition coefficient (Wildman–Crippen LogP) is 0.955. The number of nitrogens with two attached hydrogens (primary N) is 1. The van der Waals surface area contributed by atoms with E-state index in [1.165, 1.54) is 19.2 Å². The molecule has 3 heterocycles. The third kappa shape index (κ3) is 8.94. The molecule has 0 unspecified atom stereocenters. The molecule has 292 valence electrons. The lowest BCUT2D eigenvalue weighted by molar-refractivity contribution is -0.264. The molecule has 0 aromatic carbocycles. The molecule has 1 saturated heterocycles. The summed E-state index contributed by atoms with van der Waals surface area (Å²) in [4.78, 5) is 80.8. The number of thioether (sulfide) groups is 1. The minimum atomic E-state index is -5.16. The summed E-state index contributed by atoms with van der Waals surface area (Å²) in [7, 11) is -5.60. The Bertz CT molecular complexity index is 1590. The van der Waals surface area contributed by atoms with Gasteiger partial charge in [0.2, 0.25) is 5.91 Å². The van der Waals surface area contributed by atoms with Gasteiger partial charge in [0.25, 0.3) is 16.7 Å². The summed E-state index contributed by atoms with van der Waals surface area (Å²) in [6.45, 7) is -1.05. The second kappa shape index (κ2) is 18.2. The van der Waals surface area contributed by atoms with E-state index in [4.69, 9.17) is 15.2 Å². The van der Waals surface area contributed by atoms with Gasteiger partial charge in [-0.05, 0) is 12.1 Å². The van der Waals surface area contributed by atoms with Crippen LogP contribution in [-0.2, 0) is 77.7 Å². The quantitative estimate of drug-likeness (QED) is 0.0330. The zero-order chi connectivity index (χ0) is 38.9. The predicted molar refractivity (Wildman–Crippen MR) is 173 cm³/mol. The molecular formula is C24H35N5O19P2S2. The summed E-state index contributed by atoms with van der Waals surface area (Å²) in [6, 6.07) is 2.06. The second-order valence-corrected chi connectivity index (χ2v) is 16.7. The number of carbonyl (C=O) groups excluding carboxylic acids is 4. The lowest BCUT2D eigenvalue weighted by Crippen LogP contribution is -2.80. The van der Waals surface area contributed by atoms with Crippen LogP contribution in [0, 0.1) is 0 Å². The van der Waals surface area contributed by atoms with E-state index in [9.17, 15) is 43.3 Å². The largest absolute Gasteiger partial charge is 0.477 e. The minimum absolute atomic E-state index is 0.0218. The SMILES string of the molecule is COOP(=O)(OOC)C(O)(CCNC(=O)Nc1ccc(CC(=O)N[C@]2(OC)C(=O)N3C(C(=O)O)=C(COC(N)=O)CS[C@H]32)s1)P(=O)(OOC)OOC. The molecule has 0 spiro atoms. The number of amides is 5. The molecule has 28 heteroatoms. The van der Waals surface area contributed by atoms with Crippen molar-refractivity contribution in [2.24, 2.45) is 5.73 Å². The molecule has 24 nitrogen and oxygen atoms in total. The van der Waals surface area contributed by atoms with Gasteiger partial charge in [0.15, 0.2) is 0 Å². The number of fused-ring (bicyclic) bond motifs is 1. The number of hydrogen-bond acceptors (Lipinski definition) is 20. The van der Waals surface area contributed by atoms with E-state index in [2.05, 4.69) is 54.2 Å². The van der Waals surface area contributed by atoms with Crippen LogP contribution in [0.25, 0.3) is 0 Å². The first-order valence-electron chi connectivity index (χ1n) is 14.2. The van der Waals surface area contributed by atoms with E-state index < -0.39 is 86.6 Å². The molecule has 0 radical (unpaired) electrons. The zero-order valence-electron chi connectivity index (χ0n) is 27.8. The highest BCUT2D eigenvalue weighted by Gasteiger charge is 2.69. The number of rotatable bonds is 21. The smallest absolute Gasteiger partial charge is 0.428 e. The van der Waals surface area contributed by atoms with Crippen LogP contribution in [0.5, 0.6) is 0 Å². The lowest BCUT2D eigenvalue weighted by Gasteiger charge is -2.55. The molecule has 1 fully saturated rings. The van der Waals surface area contributed by atoms with Crippen molar-refractivity contribution in [1.82, 2.24) is 15.5 Å². The van der Waals surface area contributed by atoms with Crippen LogP contribution >= 0.6 is 38.3 Å². The highest BCUT2D eigenvalue weighted by Crippen LogP contribution is 2.78. The number of aliphatic hydroxyl groups is 1. The number of ether oxygens (including phenoxy) is 2. The first-order chi connectivity index (χ1) is 24.5. The van der Waals surface area contributed by atoms with Gasteiger partial charge in [-0.1, -0.05) is 0 Å². The number of β-lactam (4-membered cyclic amide) rings is 1. The number of methoxy groups -OCH3 is 1. The molecular weight excluding hydrogens is 788 g/mol. The van der Waals surface area contributed by atoms with Crippen LogP contribution in [0.1, 0.15) is 11.3 Å². The van der Waals surface area contributed by atoms with Crippen LogP contribution in [-0.4, -0.2) is 116 Å². The molecule has 2 aliphatic heterocycles. The molecule has 2 atom stereocenters. The third-order valence-corrected chi connectivity index (χ3v) is 14.3. The Kier molecular flexibility index (Phi) is 15.1. The number of carboxylic acid groups (broad SMARTS) is 1. The van der Waals surface area contributed by atoms with E-state index in [0.717, 1.165) is 56.4 Å². The molecule has 1 aromatic heterocycles. The van der Waals surface area contributed by atoms with Gasteiger partial charge in [0, 0.05) is 36.3 Å². The highest BCUT2D eigenvalue weighted by molar-refractivity contribution is 8.00. The molecule has 2 aliphatic rings. The van der Waals surface area contributed by atoms with Crippen molar-refractivity contribution in [3.63, 3.8) is 0 Å². The fourth-order valence-corrected chi connectivity index (χ4v) is 10.7. The summed E-state index contributed by atoms with van der Waals surface area (Å²) in [5.41, 5.74) is 2.77. The van der Waals surface area contributed by atoms with Crippen molar-refractivity contribution in [2.45, 2.75) is 29.0 Å². The summed E-state index contributed by atoms with van der Waals surface area (Å²) in [5, 5.41) is 24.4. The Balaban J connectivity index is 1.65. The number of primary amides is 1. The Morgan fingerprint density at radius 2 is 1.60 bits per heavy atom. The van der Waals surface area contributed by atoms with Gasteiger partial charge in [0.1, 0.15) is 17.7 Å². The number of carbonyl (C=O) groups is 5. The Morgan fingerprint density at radius 1 is 1.02 bits per heavy atom. The highest BCUT2D eigenvalue weighted by atomic mass is 32.2. The molecule has 5 amide bonds. The first kappa shape index (κ1) is 43.2. The Hall–Kier alpha value is -3.20. The second-order valence-electron chi connectivity index (χ2n) is 10.00. The van der Waals surface area contributed by atoms with E-state index in [1.807, 2.05) is 0 Å². The first-order valence-corrected chi connectivity index (χ1v) is 19.1. The number of nitrogens with one attached hydrogen (secondary N) is 3. The van der Waals surface area contributed by atoms with Gasteiger partial charge >= 0.3 is 33.3 Å². The average Bonchev–Trinajstić information content (AvgIpc) is 3.51. The average molecular weight is 824 g/mol. The number of hydrogen-bond donors (Lipinski definition) is 6.